The van der Waals surface area contributed by atoms with Crippen molar-refractivity contribution in [3.05, 3.63) is 34.4 Å². The van der Waals surface area contributed by atoms with E-state index < -0.39 is 0 Å². The van der Waals surface area contributed by atoms with Gasteiger partial charge in [-0.2, -0.15) is 5.26 Å². The number of benzene rings is 1. The van der Waals surface area contributed by atoms with Crippen LogP contribution in [0.2, 0.25) is 0 Å². The van der Waals surface area contributed by atoms with Crippen LogP contribution in [0.25, 0.3) is 0 Å². The molecule has 0 saturated carbocycles. The number of hydrogen-bond donors (Lipinski definition) is 1. The highest BCUT2D eigenvalue weighted by Gasteiger charge is 2.24. The number of fused-ring (bicyclic) bond motifs is 1. The number of aliphatic hydroxyl groups is 1. The van der Waals surface area contributed by atoms with Gasteiger partial charge in [-0.1, -0.05) is 13.8 Å². The number of aliphatic hydroxyl groups excluding tert-OH is 1. The Bertz CT molecular complexity index is 429. The third-order valence-electron chi connectivity index (χ3n) is 3.10. The summed E-state index contributed by atoms with van der Waals surface area (Å²) in [7, 11) is 0. The second kappa shape index (κ2) is 3.67. The third kappa shape index (κ3) is 1.64. The highest BCUT2D eigenvalue weighted by molar-refractivity contribution is 5.48. The van der Waals surface area contributed by atoms with Gasteiger partial charge in [0.25, 0.3) is 0 Å². The van der Waals surface area contributed by atoms with Gasteiger partial charge >= 0.3 is 0 Å². The summed E-state index contributed by atoms with van der Waals surface area (Å²) in [6.07, 6.45) is 1.37. The Labute approximate surface area is 90.2 Å². The standard InChI is InChI=1S/C13H15NO/c1-8(2)11-5-9(7-14)6-12-10(11)3-4-13(12)15/h5-6,8,13,15H,3-4H2,1-2H3. The molecule has 0 aliphatic heterocycles. The van der Waals surface area contributed by atoms with E-state index in [2.05, 4.69) is 19.9 Å². The molecule has 1 aromatic carbocycles. The molecule has 2 rings (SSSR count). The van der Waals surface area contributed by atoms with Crippen molar-refractivity contribution in [1.82, 2.24) is 0 Å². The molecule has 1 aliphatic carbocycles. The molecule has 1 aliphatic rings. The molecule has 15 heavy (non-hydrogen) atoms. The normalized spacial score (nSPS) is 19.0. The number of rotatable bonds is 1. The van der Waals surface area contributed by atoms with Gasteiger partial charge in [0.05, 0.1) is 17.7 Å². The molecular weight excluding hydrogens is 186 g/mol. The molecule has 2 nitrogen and oxygen atoms in total. The molecule has 0 aromatic heterocycles. The van der Waals surface area contributed by atoms with Crippen LogP contribution in [0.1, 0.15) is 54.5 Å². The lowest BCUT2D eigenvalue weighted by Crippen LogP contribution is -1.98. The number of nitrogens with zero attached hydrogens (tertiary/aromatic N) is 1. The van der Waals surface area contributed by atoms with E-state index in [0.717, 1.165) is 18.4 Å². The minimum Gasteiger partial charge on any atom is -0.388 e. The maximum absolute atomic E-state index is 9.80. The monoisotopic (exact) mass is 201 g/mol. The molecule has 0 radical (unpaired) electrons. The molecule has 0 saturated heterocycles. The van der Waals surface area contributed by atoms with Gasteiger partial charge in [0.1, 0.15) is 0 Å². The molecule has 0 fully saturated rings. The molecule has 0 amide bonds. The zero-order chi connectivity index (χ0) is 11.0. The van der Waals surface area contributed by atoms with Crippen LogP contribution in [-0.2, 0) is 6.42 Å². The highest BCUT2D eigenvalue weighted by Crippen LogP contribution is 2.36. The predicted molar refractivity (Wildman–Crippen MR) is 58.5 cm³/mol. The van der Waals surface area contributed by atoms with Gasteiger partial charge in [0.2, 0.25) is 0 Å². The van der Waals surface area contributed by atoms with Crippen molar-refractivity contribution in [2.24, 2.45) is 0 Å². The predicted octanol–water partition coefficient (Wildman–Crippen LogP) is 2.66. The van der Waals surface area contributed by atoms with E-state index in [9.17, 15) is 5.11 Å². The van der Waals surface area contributed by atoms with Crippen LogP contribution in [0.3, 0.4) is 0 Å². The Morgan fingerprint density at radius 2 is 2.20 bits per heavy atom. The zero-order valence-corrected chi connectivity index (χ0v) is 9.12. The van der Waals surface area contributed by atoms with Crippen molar-refractivity contribution in [2.75, 3.05) is 0 Å². The van der Waals surface area contributed by atoms with E-state index in [4.69, 9.17) is 5.26 Å². The average molecular weight is 201 g/mol. The summed E-state index contributed by atoms with van der Waals surface area (Å²) in [5, 5.41) is 18.7. The third-order valence-corrected chi connectivity index (χ3v) is 3.10. The van der Waals surface area contributed by atoms with Gasteiger partial charge in [-0.3, -0.25) is 0 Å². The second-order valence-corrected chi connectivity index (χ2v) is 4.45. The molecule has 0 bridgehead atoms. The summed E-state index contributed by atoms with van der Waals surface area (Å²) in [5.74, 6) is 0.414. The molecule has 1 N–H and O–H groups in total. The summed E-state index contributed by atoms with van der Waals surface area (Å²) >= 11 is 0. The number of nitriles is 1. The first-order valence-corrected chi connectivity index (χ1v) is 5.38. The lowest BCUT2D eigenvalue weighted by molar-refractivity contribution is 0.180. The average Bonchev–Trinajstić information content (AvgIpc) is 2.59. The van der Waals surface area contributed by atoms with E-state index in [0.29, 0.717) is 11.5 Å². The largest absolute Gasteiger partial charge is 0.388 e. The lowest BCUT2D eigenvalue weighted by Gasteiger charge is -2.13. The van der Waals surface area contributed by atoms with Crippen LogP contribution in [0.5, 0.6) is 0 Å². The Balaban J connectivity index is 2.62. The maximum Gasteiger partial charge on any atom is 0.0991 e. The van der Waals surface area contributed by atoms with Crippen molar-refractivity contribution in [3.63, 3.8) is 0 Å². The SMILES string of the molecule is CC(C)c1cc(C#N)cc2c1CCC2O. The zero-order valence-electron chi connectivity index (χ0n) is 9.12. The van der Waals surface area contributed by atoms with Crippen molar-refractivity contribution in [1.29, 1.82) is 5.26 Å². The molecule has 1 unspecified atom stereocenters. The smallest absolute Gasteiger partial charge is 0.0991 e. The first-order chi connectivity index (χ1) is 7.13. The fourth-order valence-electron chi connectivity index (χ4n) is 2.32. The van der Waals surface area contributed by atoms with Crippen LogP contribution < -0.4 is 0 Å². The molecule has 2 heteroatoms. The van der Waals surface area contributed by atoms with Gasteiger partial charge in [0.15, 0.2) is 0 Å². The first kappa shape index (κ1) is 10.2. The van der Waals surface area contributed by atoms with Crippen molar-refractivity contribution in [2.45, 2.75) is 38.7 Å². The summed E-state index contributed by atoms with van der Waals surface area (Å²) in [6, 6.07) is 5.95. The van der Waals surface area contributed by atoms with Crippen LogP contribution in [-0.4, -0.2) is 5.11 Å². The van der Waals surface area contributed by atoms with Gasteiger partial charge in [-0.15, -0.1) is 0 Å². The van der Waals surface area contributed by atoms with E-state index in [1.807, 2.05) is 12.1 Å². The quantitative estimate of drug-likeness (QED) is 0.759. The van der Waals surface area contributed by atoms with Crippen molar-refractivity contribution >= 4 is 0 Å². The van der Waals surface area contributed by atoms with Crippen LogP contribution in [0, 0.1) is 11.3 Å². The Morgan fingerprint density at radius 1 is 1.47 bits per heavy atom. The van der Waals surface area contributed by atoms with Gasteiger partial charge in [-0.05, 0) is 47.6 Å². The molecule has 0 heterocycles. The Hall–Kier alpha value is -1.33. The molecule has 1 atom stereocenters. The highest BCUT2D eigenvalue weighted by atomic mass is 16.3. The fourth-order valence-corrected chi connectivity index (χ4v) is 2.32. The fraction of sp³-hybridized carbons (Fsp3) is 0.462. The minimum atomic E-state index is -0.370. The van der Waals surface area contributed by atoms with E-state index in [1.54, 1.807) is 0 Å². The summed E-state index contributed by atoms with van der Waals surface area (Å²) in [5.41, 5.74) is 4.12. The van der Waals surface area contributed by atoms with Crippen LogP contribution in [0.4, 0.5) is 0 Å². The van der Waals surface area contributed by atoms with Gasteiger partial charge < -0.3 is 5.11 Å². The summed E-state index contributed by atoms with van der Waals surface area (Å²) in [6.45, 7) is 4.25. The topological polar surface area (TPSA) is 44.0 Å². The van der Waals surface area contributed by atoms with Gasteiger partial charge in [0, 0.05) is 0 Å². The second-order valence-electron chi connectivity index (χ2n) is 4.45. The molecule has 1 aromatic rings. The van der Waals surface area contributed by atoms with Crippen LogP contribution >= 0.6 is 0 Å². The van der Waals surface area contributed by atoms with E-state index in [-0.39, 0.29) is 6.10 Å². The Kier molecular flexibility index (Phi) is 2.50. The van der Waals surface area contributed by atoms with Crippen LogP contribution in [0.15, 0.2) is 12.1 Å². The lowest BCUT2D eigenvalue weighted by atomic mass is 9.92. The molecular formula is C13H15NO. The van der Waals surface area contributed by atoms with E-state index in [1.165, 1.54) is 11.1 Å². The Morgan fingerprint density at radius 3 is 2.80 bits per heavy atom. The van der Waals surface area contributed by atoms with Crippen molar-refractivity contribution in [3.8, 4) is 6.07 Å². The summed E-state index contributed by atoms with van der Waals surface area (Å²) < 4.78 is 0. The van der Waals surface area contributed by atoms with E-state index >= 15 is 0 Å². The number of hydrogen-bond acceptors (Lipinski definition) is 2. The van der Waals surface area contributed by atoms with Gasteiger partial charge in [-0.25, -0.2) is 0 Å². The molecule has 78 valence electrons. The maximum atomic E-state index is 9.80. The van der Waals surface area contributed by atoms with Crippen molar-refractivity contribution < 1.29 is 5.11 Å². The first-order valence-electron chi connectivity index (χ1n) is 5.38. The summed E-state index contributed by atoms with van der Waals surface area (Å²) in [4.78, 5) is 0. The minimum absolute atomic E-state index is 0.370. The molecule has 0 spiro atoms.